The summed E-state index contributed by atoms with van der Waals surface area (Å²) in [5.74, 6) is 7.92. The average Bonchev–Trinajstić information content (AvgIpc) is 3.11. The summed E-state index contributed by atoms with van der Waals surface area (Å²) in [7, 11) is 0. The lowest BCUT2D eigenvalue weighted by Gasteiger charge is -2.26. The van der Waals surface area contributed by atoms with Gasteiger partial charge >= 0.3 is 0 Å². The van der Waals surface area contributed by atoms with E-state index in [0.29, 0.717) is 35.6 Å². The molecule has 0 bridgehead atoms. The third kappa shape index (κ3) is 4.01. The summed E-state index contributed by atoms with van der Waals surface area (Å²) < 4.78 is 12.8. The van der Waals surface area contributed by atoms with Crippen LogP contribution in [0.1, 0.15) is 0 Å². The number of nitrogens with two attached hydrogens (primary N) is 1. The number of ether oxygens (including phenoxy) is 2. The summed E-state index contributed by atoms with van der Waals surface area (Å²) in [5, 5.41) is 11.4. The normalized spacial score (nSPS) is 15.2. The van der Waals surface area contributed by atoms with Crippen LogP contribution in [-0.2, 0) is 4.79 Å². The molecule has 3 heterocycles. The number of nitrogens with one attached hydrogen (secondary N) is 1. The Morgan fingerprint density at radius 2 is 2.11 bits per heavy atom. The Morgan fingerprint density at radius 1 is 1.25 bits per heavy atom. The number of nitrogen functional groups attached to an aromatic ring is 1. The van der Waals surface area contributed by atoms with E-state index in [-0.39, 0.29) is 17.8 Å². The van der Waals surface area contributed by atoms with E-state index in [1.54, 1.807) is 18.5 Å². The maximum atomic E-state index is 12.2. The van der Waals surface area contributed by atoms with Crippen molar-refractivity contribution in [2.45, 2.75) is 11.3 Å². The minimum atomic E-state index is -0.237. The van der Waals surface area contributed by atoms with Crippen molar-refractivity contribution in [1.29, 1.82) is 0 Å². The second kappa shape index (κ2) is 8.17. The number of thioether (sulfide) groups is 1. The second-order valence-corrected chi connectivity index (χ2v) is 6.95. The molecular weight excluding hydrogens is 380 g/mol. The third-order valence-corrected chi connectivity index (χ3v) is 4.95. The SMILES string of the molecule is Nn1c(SCC(=O)NC[C@H]2COc3ccccc3O2)nnc1-c1cccnc1. The van der Waals surface area contributed by atoms with Crippen LogP contribution in [0, 0.1) is 0 Å². The van der Waals surface area contributed by atoms with Gasteiger partial charge in [0, 0.05) is 18.0 Å². The highest BCUT2D eigenvalue weighted by molar-refractivity contribution is 7.99. The van der Waals surface area contributed by atoms with Gasteiger partial charge in [-0.25, -0.2) is 4.68 Å². The number of hydrogen-bond donors (Lipinski definition) is 2. The summed E-state index contributed by atoms with van der Waals surface area (Å²) in [6, 6.07) is 11.1. The van der Waals surface area contributed by atoms with Crippen molar-refractivity contribution in [2.75, 3.05) is 24.7 Å². The van der Waals surface area contributed by atoms with E-state index >= 15 is 0 Å². The topological polar surface area (TPSA) is 117 Å². The van der Waals surface area contributed by atoms with E-state index in [1.807, 2.05) is 30.3 Å². The highest BCUT2D eigenvalue weighted by Gasteiger charge is 2.21. The molecule has 3 N–H and O–H groups in total. The highest BCUT2D eigenvalue weighted by Crippen LogP contribution is 2.30. The molecule has 10 heteroatoms. The summed E-state index contributed by atoms with van der Waals surface area (Å²) in [6.45, 7) is 0.736. The van der Waals surface area contributed by atoms with Gasteiger partial charge in [0.25, 0.3) is 0 Å². The number of amides is 1. The molecule has 28 heavy (non-hydrogen) atoms. The first kappa shape index (κ1) is 18.1. The fourth-order valence-corrected chi connectivity index (χ4v) is 3.33. The number of aromatic nitrogens is 4. The van der Waals surface area contributed by atoms with Crippen LogP contribution in [0.3, 0.4) is 0 Å². The smallest absolute Gasteiger partial charge is 0.230 e. The van der Waals surface area contributed by atoms with Crippen molar-refractivity contribution in [3.8, 4) is 22.9 Å². The molecule has 1 atom stereocenters. The molecule has 0 fully saturated rings. The predicted molar refractivity (Wildman–Crippen MR) is 103 cm³/mol. The molecule has 0 spiro atoms. The average molecular weight is 398 g/mol. The second-order valence-electron chi connectivity index (χ2n) is 6.01. The van der Waals surface area contributed by atoms with E-state index in [2.05, 4.69) is 20.5 Å². The molecule has 1 aromatic carbocycles. The zero-order chi connectivity index (χ0) is 19.3. The van der Waals surface area contributed by atoms with Gasteiger partial charge in [-0.3, -0.25) is 9.78 Å². The Hall–Kier alpha value is -3.27. The highest BCUT2D eigenvalue weighted by atomic mass is 32.2. The van der Waals surface area contributed by atoms with Gasteiger partial charge in [-0.15, -0.1) is 10.2 Å². The lowest BCUT2D eigenvalue weighted by molar-refractivity contribution is -0.119. The van der Waals surface area contributed by atoms with Crippen LogP contribution in [0.5, 0.6) is 11.5 Å². The van der Waals surface area contributed by atoms with Crippen LogP contribution in [0.4, 0.5) is 0 Å². The Balaban J connectivity index is 1.27. The van der Waals surface area contributed by atoms with Crippen LogP contribution in [0.15, 0.2) is 53.9 Å². The molecule has 0 saturated carbocycles. The van der Waals surface area contributed by atoms with Crippen molar-refractivity contribution >= 4 is 17.7 Å². The van der Waals surface area contributed by atoms with Gasteiger partial charge in [0.05, 0.1) is 12.3 Å². The number of carbonyl (C=O) groups excluding carboxylic acids is 1. The lowest BCUT2D eigenvalue weighted by atomic mass is 10.2. The van der Waals surface area contributed by atoms with Gasteiger partial charge in [0.2, 0.25) is 11.1 Å². The molecule has 1 aliphatic heterocycles. The van der Waals surface area contributed by atoms with Crippen molar-refractivity contribution < 1.29 is 14.3 Å². The van der Waals surface area contributed by atoms with Gasteiger partial charge in [-0.05, 0) is 24.3 Å². The minimum absolute atomic E-state index is 0.154. The molecule has 0 saturated heterocycles. The minimum Gasteiger partial charge on any atom is -0.486 e. The molecule has 3 aromatic rings. The fourth-order valence-electron chi connectivity index (χ4n) is 2.64. The fraction of sp³-hybridized carbons (Fsp3) is 0.222. The van der Waals surface area contributed by atoms with E-state index in [9.17, 15) is 4.79 Å². The largest absolute Gasteiger partial charge is 0.486 e. The van der Waals surface area contributed by atoms with Crippen LogP contribution in [-0.4, -0.2) is 50.8 Å². The summed E-state index contributed by atoms with van der Waals surface area (Å²) in [4.78, 5) is 16.2. The van der Waals surface area contributed by atoms with Gasteiger partial charge < -0.3 is 20.6 Å². The number of para-hydroxylation sites is 2. The van der Waals surface area contributed by atoms with Gasteiger partial charge in [0.1, 0.15) is 12.7 Å². The molecular formula is C18H18N6O3S. The van der Waals surface area contributed by atoms with Gasteiger partial charge in [-0.1, -0.05) is 23.9 Å². The number of benzene rings is 1. The van der Waals surface area contributed by atoms with Crippen molar-refractivity contribution in [3.05, 3.63) is 48.8 Å². The molecule has 0 aliphatic carbocycles. The number of hydrogen-bond acceptors (Lipinski definition) is 8. The zero-order valence-electron chi connectivity index (χ0n) is 14.8. The predicted octanol–water partition coefficient (Wildman–Crippen LogP) is 1.10. The molecule has 0 unspecified atom stereocenters. The van der Waals surface area contributed by atoms with Crippen molar-refractivity contribution in [1.82, 2.24) is 25.2 Å². The maximum Gasteiger partial charge on any atom is 0.230 e. The standard InChI is InChI=1S/C18H18N6O3S/c19-24-17(12-4-3-7-20-8-12)22-23-18(24)28-11-16(25)21-9-13-10-26-14-5-1-2-6-15(14)27-13/h1-8,13H,9-11,19H2,(H,21,25)/t13-/m0/s1. The molecule has 144 valence electrons. The monoisotopic (exact) mass is 398 g/mol. The third-order valence-electron chi connectivity index (χ3n) is 4.01. The van der Waals surface area contributed by atoms with E-state index in [0.717, 1.165) is 5.56 Å². The van der Waals surface area contributed by atoms with Crippen LogP contribution in [0.2, 0.25) is 0 Å². The number of fused-ring (bicyclic) bond motifs is 1. The Morgan fingerprint density at radius 3 is 2.93 bits per heavy atom. The number of nitrogens with zero attached hydrogens (tertiary/aromatic N) is 4. The van der Waals surface area contributed by atoms with Gasteiger partial charge in [-0.2, -0.15) is 0 Å². The van der Waals surface area contributed by atoms with Crippen LogP contribution in [0.25, 0.3) is 11.4 Å². The van der Waals surface area contributed by atoms with Gasteiger partial charge in [0.15, 0.2) is 17.3 Å². The number of rotatable bonds is 6. The molecule has 2 aromatic heterocycles. The molecule has 9 nitrogen and oxygen atoms in total. The first-order chi connectivity index (χ1) is 13.7. The molecule has 1 aliphatic rings. The number of pyridine rings is 1. The molecule has 4 rings (SSSR count). The Bertz CT molecular complexity index is 965. The number of carbonyl (C=O) groups is 1. The molecule has 1 amide bonds. The van der Waals surface area contributed by atoms with Crippen molar-refractivity contribution in [2.24, 2.45) is 0 Å². The van der Waals surface area contributed by atoms with Crippen molar-refractivity contribution in [3.63, 3.8) is 0 Å². The lowest BCUT2D eigenvalue weighted by Crippen LogP contribution is -2.41. The van der Waals surface area contributed by atoms with Crippen LogP contribution >= 0.6 is 11.8 Å². The Kier molecular flexibility index (Phi) is 5.29. The quantitative estimate of drug-likeness (QED) is 0.468. The van der Waals surface area contributed by atoms with E-state index < -0.39 is 0 Å². The first-order valence-electron chi connectivity index (χ1n) is 8.59. The first-order valence-corrected chi connectivity index (χ1v) is 9.58. The van der Waals surface area contributed by atoms with E-state index in [1.165, 1.54) is 16.4 Å². The van der Waals surface area contributed by atoms with E-state index in [4.69, 9.17) is 15.3 Å². The Labute approximate surface area is 165 Å². The summed E-state index contributed by atoms with van der Waals surface area (Å²) in [5.41, 5.74) is 0.753. The van der Waals surface area contributed by atoms with Crippen LogP contribution < -0.4 is 20.6 Å². The maximum absolute atomic E-state index is 12.2. The molecule has 0 radical (unpaired) electrons. The summed E-state index contributed by atoms with van der Waals surface area (Å²) in [6.07, 6.45) is 3.08. The summed E-state index contributed by atoms with van der Waals surface area (Å²) >= 11 is 1.21. The zero-order valence-corrected chi connectivity index (χ0v) is 15.6.